The first-order valence-electron chi connectivity index (χ1n) is 10.5. The maximum absolute atomic E-state index is 11.3. The van der Waals surface area contributed by atoms with Gasteiger partial charge in [0.05, 0.1) is 23.2 Å². The monoisotopic (exact) mass is 390 g/mol. The highest BCUT2D eigenvalue weighted by atomic mass is 16.6. The maximum Gasteiger partial charge on any atom is 0.196 e. The molecule has 1 saturated carbocycles. The van der Waals surface area contributed by atoms with E-state index in [1.54, 1.807) is 7.11 Å². The number of allylic oxidation sites excluding steroid dienone is 3. The van der Waals surface area contributed by atoms with E-state index in [-0.39, 0.29) is 17.4 Å². The molecule has 3 aliphatic rings. The van der Waals surface area contributed by atoms with Gasteiger partial charge in [-0.25, -0.2) is 0 Å². The summed E-state index contributed by atoms with van der Waals surface area (Å²) in [7, 11) is 3.70. The zero-order chi connectivity index (χ0) is 20.9. The van der Waals surface area contributed by atoms with Gasteiger partial charge in [-0.15, -0.1) is 0 Å². The number of rotatable bonds is 2. The van der Waals surface area contributed by atoms with Crippen molar-refractivity contribution in [3.63, 3.8) is 0 Å². The fraction of sp³-hybridized carbons (Fsp3) is 0.480. The Bertz CT molecular complexity index is 1110. The molecule has 5 rings (SSSR count). The van der Waals surface area contributed by atoms with Crippen molar-refractivity contribution in [3.05, 3.63) is 58.3 Å². The topological polar surface area (TPSA) is 45.6 Å². The van der Waals surface area contributed by atoms with Crippen LogP contribution in [-0.4, -0.2) is 41.0 Å². The average molecular weight is 391 g/mol. The average Bonchev–Trinajstić information content (AvgIpc) is 3.30. The second-order valence-corrected chi connectivity index (χ2v) is 9.68. The number of aromatic nitrogens is 1. The van der Waals surface area contributed by atoms with Gasteiger partial charge in [0.25, 0.3) is 0 Å². The molecule has 1 N–H and O–H groups in total. The number of aliphatic hydroxyl groups is 1. The number of nitrogens with zero attached hydrogens (tertiary/aromatic N) is 2. The maximum atomic E-state index is 11.3. The minimum absolute atomic E-state index is 0.0675. The quantitative estimate of drug-likeness (QED) is 0.762. The minimum atomic E-state index is -1.16. The van der Waals surface area contributed by atoms with Crippen LogP contribution < -0.4 is 0 Å². The van der Waals surface area contributed by atoms with Crippen LogP contribution in [0.15, 0.2) is 41.5 Å². The van der Waals surface area contributed by atoms with E-state index in [0.29, 0.717) is 5.92 Å². The third-order valence-electron chi connectivity index (χ3n) is 7.18. The van der Waals surface area contributed by atoms with Gasteiger partial charge in [0.15, 0.2) is 5.79 Å². The lowest BCUT2D eigenvalue weighted by Crippen LogP contribution is -2.37. The molecule has 3 atom stereocenters. The molecule has 1 aliphatic heterocycles. The zero-order valence-corrected chi connectivity index (χ0v) is 18.4. The summed E-state index contributed by atoms with van der Waals surface area (Å²) in [6, 6.07) is 8.24. The van der Waals surface area contributed by atoms with Gasteiger partial charge in [-0.1, -0.05) is 52.0 Å². The number of fused-ring (bicyclic) bond motifs is 4. The molecule has 0 spiro atoms. The van der Waals surface area contributed by atoms with Crippen molar-refractivity contribution < 1.29 is 9.84 Å². The molecule has 1 aromatic carbocycles. The molecule has 0 radical (unpaired) electrons. The first-order valence-corrected chi connectivity index (χ1v) is 10.5. The van der Waals surface area contributed by atoms with Crippen LogP contribution >= 0.6 is 0 Å². The van der Waals surface area contributed by atoms with Gasteiger partial charge in [0.1, 0.15) is 0 Å². The summed E-state index contributed by atoms with van der Waals surface area (Å²) in [6.07, 6.45) is 2.37. The lowest BCUT2D eigenvalue weighted by atomic mass is 9.67. The van der Waals surface area contributed by atoms with E-state index in [1.165, 1.54) is 28.0 Å². The van der Waals surface area contributed by atoms with Crippen molar-refractivity contribution in [2.45, 2.75) is 57.8 Å². The van der Waals surface area contributed by atoms with Crippen LogP contribution in [0.2, 0.25) is 0 Å². The van der Waals surface area contributed by atoms with Crippen LogP contribution in [0.25, 0.3) is 16.6 Å². The molecule has 4 heteroatoms. The highest BCUT2D eigenvalue weighted by molar-refractivity contribution is 5.94. The summed E-state index contributed by atoms with van der Waals surface area (Å²) in [6.45, 7) is 11.2. The van der Waals surface area contributed by atoms with Crippen molar-refractivity contribution in [2.24, 2.45) is 5.92 Å². The molecule has 0 saturated heterocycles. The molecular weight excluding hydrogens is 360 g/mol. The molecule has 1 fully saturated rings. The van der Waals surface area contributed by atoms with Gasteiger partial charge in [-0.3, -0.25) is 4.98 Å². The summed E-state index contributed by atoms with van der Waals surface area (Å²) >= 11 is 0. The van der Waals surface area contributed by atoms with Gasteiger partial charge in [0, 0.05) is 36.2 Å². The highest BCUT2D eigenvalue weighted by Crippen LogP contribution is 2.65. The van der Waals surface area contributed by atoms with Crippen LogP contribution in [0.1, 0.15) is 57.4 Å². The van der Waals surface area contributed by atoms with Crippen molar-refractivity contribution in [2.75, 3.05) is 14.2 Å². The summed E-state index contributed by atoms with van der Waals surface area (Å²) in [5, 5.41) is 12.4. The van der Waals surface area contributed by atoms with Gasteiger partial charge >= 0.3 is 0 Å². The largest absolute Gasteiger partial charge is 0.365 e. The standard InChI is InChI=1S/C25H30N2O2/c1-13(2)12-16-14(3)21-19-18(20-23(27(21)6)25(20,28)29-7)15-10-8-9-11-17(15)26-22(19)24(16,4)5/h8-13,20,23,28H,1-7H3/b16-12+. The normalized spacial score (nSPS) is 30.8. The van der Waals surface area contributed by atoms with Crippen molar-refractivity contribution >= 4 is 16.6 Å². The molecule has 3 unspecified atom stereocenters. The predicted octanol–water partition coefficient (Wildman–Crippen LogP) is 4.59. The molecule has 152 valence electrons. The third-order valence-corrected chi connectivity index (χ3v) is 7.18. The first kappa shape index (κ1) is 18.8. The number of hydrogen-bond donors (Lipinski definition) is 1. The number of benzene rings is 1. The summed E-state index contributed by atoms with van der Waals surface area (Å²) in [4.78, 5) is 7.42. The minimum Gasteiger partial charge on any atom is -0.365 e. The number of para-hydroxylation sites is 1. The number of methoxy groups -OCH3 is 1. The molecule has 2 aromatic rings. The van der Waals surface area contributed by atoms with E-state index < -0.39 is 5.79 Å². The van der Waals surface area contributed by atoms with E-state index in [1.807, 2.05) is 6.07 Å². The Morgan fingerprint density at radius 2 is 1.93 bits per heavy atom. The summed E-state index contributed by atoms with van der Waals surface area (Å²) in [5.41, 5.74) is 8.08. The van der Waals surface area contributed by atoms with E-state index in [2.05, 4.69) is 70.8 Å². The van der Waals surface area contributed by atoms with Gasteiger partial charge < -0.3 is 14.7 Å². The molecule has 1 aromatic heterocycles. The second kappa shape index (κ2) is 5.71. The van der Waals surface area contributed by atoms with Crippen LogP contribution in [0.3, 0.4) is 0 Å². The molecular formula is C25H30N2O2. The van der Waals surface area contributed by atoms with E-state index >= 15 is 0 Å². The van der Waals surface area contributed by atoms with Crippen LogP contribution in [0.5, 0.6) is 0 Å². The van der Waals surface area contributed by atoms with Crippen molar-refractivity contribution in [3.8, 4) is 0 Å². The van der Waals surface area contributed by atoms with Crippen LogP contribution in [0.4, 0.5) is 0 Å². The van der Waals surface area contributed by atoms with E-state index in [4.69, 9.17) is 9.72 Å². The van der Waals surface area contributed by atoms with Gasteiger partial charge in [-0.2, -0.15) is 0 Å². The van der Waals surface area contributed by atoms with Gasteiger partial charge in [-0.05, 0) is 35.6 Å². The Labute approximate surface area is 172 Å². The fourth-order valence-electron chi connectivity index (χ4n) is 5.86. The highest BCUT2D eigenvalue weighted by Gasteiger charge is 2.72. The predicted molar refractivity (Wildman–Crippen MR) is 117 cm³/mol. The molecule has 0 amide bonds. The Morgan fingerprint density at radius 1 is 1.24 bits per heavy atom. The lowest BCUT2D eigenvalue weighted by Gasteiger charge is -2.43. The molecule has 2 aliphatic carbocycles. The zero-order valence-electron chi connectivity index (χ0n) is 18.4. The smallest absolute Gasteiger partial charge is 0.196 e. The molecule has 29 heavy (non-hydrogen) atoms. The first-order chi connectivity index (χ1) is 13.6. The lowest BCUT2D eigenvalue weighted by molar-refractivity contribution is -0.116. The third kappa shape index (κ3) is 2.19. The van der Waals surface area contributed by atoms with Crippen molar-refractivity contribution in [1.82, 2.24) is 9.88 Å². The summed E-state index contributed by atoms with van der Waals surface area (Å²) in [5.74, 6) is -0.787. The fourth-order valence-corrected chi connectivity index (χ4v) is 5.86. The van der Waals surface area contributed by atoms with Crippen LogP contribution in [-0.2, 0) is 10.2 Å². The second-order valence-electron chi connectivity index (χ2n) is 9.68. The number of hydrogen-bond acceptors (Lipinski definition) is 4. The van der Waals surface area contributed by atoms with Crippen LogP contribution in [0, 0.1) is 5.92 Å². The Kier molecular flexibility index (Phi) is 3.71. The Morgan fingerprint density at radius 3 is 2.59 bits per heavy atom. The molecule has 2 heterocycles. The molecule has 4 nitrogen and oxygen atoms in total. The van der Waals surface area contributed by atoms with Crippen molar-refractivity contribution in [1.29, 1.82) is 0 Å². The number of pyridine rings is 1. The van der Waals surface area contributed by atoms with Gasteiger partial charge in [0.2, 0.25) is 0 Å². The van der Waals surface area contributed by atoms with E-state index in [0.717, 1.165) is 16.6 Å². The Balaban J connectivity index is 1.95. The summed E-state index contributed by atoms with van der Waals surface area (Å²) < 4.78 is 5.66. The number of ether oxygens (including phenoxy) is 1. The van der Waals surface area contributed by atoms with E-state index in [9.17, 15) is 5.11 Å². The molecule has 0 bridgehead atoms. The Hall–Kier alpha value is -2.17. The SMILES string of the molecule is COC1(O)C2c3c4c(nc5ccccc35)C(C)(C)/C(=C/C(C)C)C(C)=C4N(C)C21. The number of likely N-dealkylation sites (N-methyl/N-ethyl adjacent to an activating group) is 1.